The molecule has 5 aliphatic heterocycles. The minimum atomic E-state index is -1.61. The molecule has 0 saturated heterocycles. The van der Waals surface area contributed by atoms with Gasteiger partial charge in [0.05, 0.1) is 50.5 Å². The van der Waals surface area contributed by atoms with Crippen molar-refractivity contribution in [2.24, 2.45) is 0 Å². The van der Waals surface area contributed by atoms with Gasteiger partial charge < -0.3 is 97.7 Å². The second-order valence-corrected chi connectivity index (χ2v) is 29.9. The molecule has 0 radical (unpaired) electrons. The fourth-order valence-corrected chi connectivity index (χ4v) is 15.0. The largest absolute Gasteiger partial charge is 0.545 e. The van der Waals surface area contributed by atoms with Crippen LogP contribution in [-0.2, 0) is 9.59 Å². The van der Waals surface area contributed by atoms with Crippen LogP contribution >= 0.6 is 0 Å². The molecule has 122 heavy (non-hydrogen) atoms. The van der Waals surface area contributed by atoms with E-state index in [0.717, 1.165) is 6.07 Å². The number of ketones is 1. The van der Waals surface area contributed by atoms with Gasteiger partial charge in [-0.2, -0.15) is 0 Å². The number of carbonyl (C=O) groups is 12. The second-order valence-electron chi connectivity index (χ2n) is 29.9. The predicted molar refractivity (Wildman–Crippen MR) is 445 cm³/mol. The second kappa shape index (κ2) is 43.0. The predicted octanol–water partition coefficient (Wildman–Crippen LogP) is 2.52. The van der Waals surface area contributed by atoms with E-state index in [1.165, 1.54) is 121 Å². The molecule has 0 saturated carbocycles. The van der Waals surface area contributed by atoms with E-state index in [1.54, 1.807) is 0 Å². The number of amides is 9. The molecule has 6 aromatic carbocycles. The van der Waals surface area contributed by atoms with Gasteiger partial charge >= 0.3 is 5.97 Å². The van der Waals surface area contributed by atoms with E-state index in [-0.39, 0.29) is 272 Å². The topological polar surface area (TPSA) is 504 Å². The van der Waals surface area contributed by atoms with Gasteiger partial charge in [0, 0.05) is 209 Å². The van der Waals surface area contributed by atoms with E-state index in [1.807, 2.05) is 24.5 Å². The standard InChI is InChI=1S/C87H100N14O21/c102-55(26-36-97(35-8-19-72(105)106)37-27-88-78(111)53-20-23-58(69(49-53)87(120)121)73-59-24-21-56(103)50-70(59)122-71-51-57(104)22-25-60(71)73)10-3-1-2-9-54-52-101-44-34-95-84(117)66-16-6-15-65(76(66)109)81(114)91-30-40-99(41-31-94-85(118)67-17-7-18-68(77(67)110)86(119)96-54)46-45-98-38-28-89-79(112)61-11-4-13-63(74(61)107)82(115)92-32-42-100(47-48-101)43-33-93-83(116)64-14-5-12-62(75(64)108)80(113)90-29-39-98/h4-7,11-18,20-25,49-51,54,103,107-110H,1-3,8-10,19,26-48,52H2,(H,88,111)(H,89,112)(H,90,113)(H,91,114)(H,92,115)(H,93,116)(H,94,118)(H,95,117)(H,96,119)(H,105,106)(H,120,121)/p-1. The maximum atomic E-state index is 14.8. The number of aromatic carboxylic acids is 1. The number of unbranched alkanes of at least 4 members (excludes halogenated alkanes) is 2. The summed E-state index contributed by atoms with van der Waals surface area (Å²) in [7, 11) is 0. The molecule has 0 spiro atoms. The number of nitrogens with one attached hydrogen (secondary N) is 9. The highest BCUT2D eigenvalue weighted by Gasteiger charge is 2.29. The number of aliphatic carboxylic acids is 1. The van der Waals surface area contributed by atoms with Crippen molar-refractivity contribution in [3.63, 3.8) is 0 Å². The van der Waals surface area contributed by atoms with Crippen LogP contribution in [0.2, 0.25) is 0 Å². The number of carbonyl (C=O) groups excluding carboxylic acids is 11. The Labute approximate surface area is 701 Å². The molecule has 5 heterocycles. The van der Waals surface area contributed by atoms with Crippen LogP contribution in [0.15, 0.2) is 137 Å². The average molecular weight is 1680 g/mol. The molecule has 15 N–H and O–H groups in total. The van der Waals surface area contributed by atoms with Gasteiger partial charge in [0.2, 0.25) is 0 Å². The molecule has 6 aliphatic rings. The third-order valence-electron chi connectivity index (χ3n) is 21.6. The third-order valence-corrected chi connectivity index (χ3v) is 21.6. The maximum absolute atomic E-state index is 14.8. The number of para-hydroxylation sites is 4. The van der Waals surface area contributed by atoms with E-state index >= 15 is 0 Å². The first-order valence-electron chi connectivity index (χ1n) is 40.5. The Bertz CT molecular complexity index is 5160. The van der Waals surface area contributed by atoms with E-state index in [4.69, 9.17) is 4.42 Å². The number of Topliss-reactive ketones (excluding diaryl/α,β-unsaturated/α-hetero) is 1. The Morgan fingerprint density at radius 2 is 0.852 bits per heavy atom. The van der Waals surface area contributed by atoms with Crippen LogP contribution < -0.4 is 58.4 Å². The van der Waals surface area contributed by atoms with Crippen molar-refractivity contribution >= 4 is 81.9 Å². The number of rotatable bonds is 19. The van der Waals surface area contributed by atoms with Crippen molar-refractivity contribution in [3.8, 4) is 51.2 Å². The zero-order valence-electron chi connectivity index (χ0n) is 67.2. The quantitative estimate of drug-likeness (QED) is 0.0408. The minimum absolute atomic E-state index is 0.00173. The number of benzene rings is 7. The van der Waals surface area contributed by atoms with Gasteiger partial charge in [-0.25, -0.2) is 0 Å². The van der Waals surface area contributed by atoms with Crippen molar-refractivity contribution in [2.45, 2.75) is 57.4 Å². The van der Waals surface area contributed by atoms with Crippen molar-refractivity contribution in [2.75, 3.05) is 151 Å². The molecule has 35 heteroatoms. The van der Waals surface area contributed by atoms with E-state index < -0.39 is 94.1 Å². The summed E-state index contributed by atoms with van der Waals surface area (Å²) in [5, 5.41) is 105. The number of fused-ring (bicyclic) bond motifs is 18. The maximum Gasteiger partial charge on any atom is 0.303 e. The Morgan fingerprint density at radius 1 is 0.426 bits per heavy atom. The molecule has 644 valence electrons. The van der Waals surface area contributed by atoms with Crippen LogP contribution in [0.4, 0.5) is 0 Å². The molecule has 12 rings (SSSR count). The van der Waals surface area contributed by atoms with Crippen LogP contribution in [0.25, 0.3) is 33.4 Å². The highest BCUT2D eigenvalue weighted by Crippen LogP contribution is 2.42. The van der Waals surface area contributed by atoms with Gasteiger partial charge in [0.1, 0.15) is 45.9 Å². The Kier molecular flexibility index (Phi) is 31.6. The lowest BCUT2D eigenvalue weighted by Crippen LogP contribution is -2.49. The highest BCUT2D eigenvalue weighted by atomic mass is 16.4. The number of carboxylic acids is 2. The average Bonchev–Trinajstić information content (AvgIpc) is 0.745. The molecule has 35 nitrogen and oxygen atoms in total. The Hall–Kier alpha value is -13.4. The van der Waals surface area contributed by atoms with E-state index in [0.29, 0.717) is 35.8 Å². The highest BCUT2D eigenvalue weighted by molar-refractivity contribution is 6.10. The Balaban J connectivity index is 0.836. The number of aromatic hydroxyl groups is 5. The number of carboxylic acid groups (broad SMARTS) is 2. The molecule has 0 aromatic heterocycles. The monoisotopic (exact) mass is 1680 g/mol. The molecule has 12 bridgehead atoms. The summed E-state index contributed by atoms with van der Waals surface area (Å²) < 4.78 is 5.93. The number of phenolic OH excluding ortho intramolecular Hbond substituents is 5. The summed E-state index contributed by atoms with van der Waals surface area (Å²) in [5.74, 6) is -11.6. The zero-order valence-corrected chi connectivity index (χ0v) is 67.2. The van der Waals surface area contributed by atoms with Crippen LogP contribution in [0.5, 0.6) is 28.7 Å². The fraction of sp³-hybridized carbons (Fsp3) is 0.368. The molecule has 9 amide bonds. The normalized spacial score (nSPS) is 18.6. The van der Waals surface area contributed by atoms with Crippen molar-refractivity contribution < 1.29 is 97.7 Å². The molecule has 6 aromatic rings. The molecular weight excluding hydrogens is 1580 g/mol. The van der Waals surface area contributed by atoms with Gasteiger partial charge in [-0.1, -0.05) is 43.2 Å². The SMILES string of the molecule is O=C(O)CCCN(CCNC(=O)c1ccc(-c2c3ccc(=O)cc-3oc3cc(O)ccc23)c(C(=O)[O-])c1)CCC(=O)CCCCCC1CN2CCNC(=O)c3cccc(c3O)C(=O)NCCN(CCNC(=O)c3cccc(c3O)C(=O)N1)CCN1CCNC(=O)c3cccc(c3O)C(=O)NCCN(CCNC(=O)c3cccc(c3O)C(=O)NCC1)CC2. The van der Waals surface area contributed by atoms with Gasteiger partial charge in [0.15, 0.2) is 5.43 Å². The molecule has 3 unspecified atom stereocenters. The lowest BCUT2D eigenvalue weighted by atomic mass is 9.90. The van der Waals surface area contributed by atoms with Gasteiger partial charge in [-0.15, -0.1) is 0 Å². The van der Waals surface area contributed by atoms with Gasteiger partial charge in [-0.05, 0) is 116 Å². The van der Waals surface area contributed by atoms with Gasteiger partial charge in [0.25, 0.3) is 53.2 Å². The summed E-state index contributed by atoms with van der Waals surface area (Å²) in [6, 6.07) is 28.1. The van der Waals surface area contributed by atoms with E-state index in [2.05, 4.69) is 47.9 Å². The lowest BCUT2D eigenvalue weighted by Gasteiger charge is -2.31. The van der Waals surface area contributed by atoms with E-state index in [9.17, 15) is 98.1 Å². The number of phenols is 5. The van der Waals surface area contributed by atoms with Crippen LogP contribution in [0.3, 0.4) is 0 Å². The van der Waals surface area contributed by atoms with Gasteiger partial charge in [-0.3, -0.25) is 77.1 Å². The summed E-state index contributed by atoms with van der Waals surface area (Å²) in [6.07, 6.45) is 1.63. The van der Waals surface area contributed by atoms with Crippen LogP contribution in [-0.4, -0.2) is 283 Å². The van der Waals surface area contributed by atoms with Crippen molar-refractivity contribution in [1.29, 1.82) is 0 Å². The first kappa shape index (κ1) is 89.4. The summed E-state index contributed by atoms with van der Waals surface area (Å²) in [4.78, 5) is 187. The van der Waals surface area contributed by atoms with Crippen molar-refractivity contribution in [1.82, 2.24) is 72.4 Å². The minimum Gasteiger partial charge on any atom is -0.545 e. The lowest BCUT2D eigenvalue weighted by molar-refractivity contribution is -0.255. The molecule has 0 fully saturated rings. The first-order valence-corrected chi connectivity index (χ1v) is 40.5. The number of nitrogens with zero attached hydrogens (tertiary/aromatic N) is 5. The Morgan fingerprint density at radius 3 is 1.30 bits per heavy atom. The third kappa shape index (κ3) is 24.0. The number of hydrogen-bond donors (Lipinski definition) is 15. The number of hydrogen-bond acceptors (Lipinski definition) is 25. The molecule has 3 atom stereocenters. The zero-order chi connectivity index (χ0) is 86.9. The van der Waals surface area contributed by atoms with Crippen molar-refractivity contribution in [3.05, 3.63) is 193 Å². The molecule has 1 aliphatic carbocycles. The van der Waals surface area contributed by atoms with Crippen LogP contribution in [0.1, 0.15) is 155 Å². The smallest absolute Gasteiger partial charge is 0.303 e. The molecular formula is C87H99N14O21-. The first-order chi connectivity index (χ1) is 58.8. The summed E-state index contributed by atoms with van der Waals surface area (Å²) in [6.45, 7) is 1.54. The summed E-state index contributed by atoms with van der Waals surface area (Å²) in [5.41, 5.74) is -1.40. The van der Waals surface area contributed by atoms with Crippen LogP contribution in [0, 0.1) is 0 Å². The fourth-order valence-electron chi connectivity index (χ4n) is 15.0. The summed E-state index contributed by atoms with van der Waals surface area (Å²) >= 11 is 0.